The van der Waals surface area contributed by atoms with Gasteiger partial charge in [-0.2, -0.15) is 0 Å². The number of pyridine rings is 1. The number of likely N-dealkylation sites (tertiary alicyclic amines) is 1. The minimum Gasteiger partial charge on any atom is -0.390 e. The normalized spacial score (nSPS) is 17.8. The van der Waals surface area contributed by atoms with E-state index in [0.717, 1.165) is 28.8 Å². The maximum atomic E-state index is 13.9. The van der Waals surface area contributed by atoms with E-state index >= 15 is 0 Å². The molecule has 7 heteroatoms. The third kappa shape index (κ3) is 7.75. The van der Waals surface area contributed by atoms with Crippen molar-refractivity contribution in [2.45, 2.75) is 84.3 Å². The summed E-state index contributed by atoms with van der Waals surface area (Å²) in [6.45, 7) is 12.4. The number of hydrogen-bond acceptors (Lipinski definition) is 4. The molecular weight excluding hydrogens is 534 g/mol. The highest BCUT2D eigenvalue weighted by Gasteiger charge is 2.40. The number of aliphatic hydroxyl groups is 1. The van der Waals surface area contributed by atoms with E-state index in [4.69, 9.17) is 11.6 Å². The van der Waals surface area contributed by atoms with Crippen LogP contribution in [0.15, 0.2) is 60.8 Å². The molecule has 0 bridgehead atoms. The third-order valence-electron chi connectivity index (χ3n) is 7.82. The van der Waals surface area contributed by atoms with Crippen molar-refractivity contribution in [1.82, 2.24) is 9.88 Å². The number of carbonyl (C=O) groups is 2. The van der Waals surface area contributed by atoms with Gasteiger partial charge in [-0.15, -0.1) is 0 Å². The molecular formula is C34H42ClN3O3. The van der Waals surface area contributed by atoms with Gasteiger partial charge in [-0.25, -0.2) is 4.98 Å². The predicted molar refractivity (Wildman–Crippen MR) is 165 cm³/mol. The number of nitrogens with one attached hydrogen (secondary N) is 1. The van der Waals surface area contributed by atoms with Crippen LogP contribution in [0.25, 0.3) is 0 Å². The predicted octanol–water partition coefficient (Wildman–Crippen LogP) is 7.28. The molecule has 0 radical (unpaired) electrons. The summed E-state index contributed by atoms with van der Waals surface area (Å²) in [6, 6.07) is 17.3. The zero-order chi connectivity index (χ0) is 29.9. The monoisotopic (exact) mass is 575 g/mol. The Labute approximate surface area is 249 Å². The zero-order valence-electron chi connectivity index (χ0n) is 25.0. The molecule has 1 aromatic heterocycles. The Morgan fingerprint density at radius 3 is 2.41 bits per heavy atom. The first kappa shape index (κ1) is 30.7. The number of hydrogen-bond donors (Lipinski definition) is 2. The van der Waals surface area contributed by atoms with E-state index in [0.29, 0.717) is 42.1 Å². The second-order valence-electron chi connectivity index (χ2n) is 12.9. The maximum absolute atomic E-state index is 13.9. The van der Waals surface area contributed by atoms with Crippen molar-refractivity contribution in [3.63, 3.8) is 0 Å². The quantitative estimate of drug-likeness (QED) is 0.310. The molecule has 1 aliphatic rings. The number of halogens is 1. The Hall–Kier alpha value is -3.22. The Bertz CT molecular complexity index is 1390. The minimum atomic E-state index is -0.748. The first-order valence-corrected chi connectivity index (χ1v) is 14.8. The van der Waals surface area contributed by atoms with Gasteiger partial charge < -0.3 is 15.3 Å². The Balaban J connectivity index is 1.68. The van der Waals surface area contributed by atoms with Crippen LogP contribution in [0, 0.1) is 12.8 Å². The molecule has 1 aliphatic heterocycles. The van der Waals surface area contributed by atoms with Crippen LogP contribution in [0.2, 0.25) is 5.02 Å². The molecule has 0 aliphatic carbocycles. The Kier molecular flexibility index (Phi) is 9.25. The standard InChI is InChI=1S/C34H42ClN3O3/c1-22-19-26(35)21-36-29(22)32(40)38-18-8-11-28(31(39)37-27-10-7-9-25(20-27)33(2,3)4)30(38)24-14-12-23(13-15-24)16-17-34(5,6)41/h7,9-10,12-15,19-21,28,30,41H,8,11,16-18H2,1-6H3,(H,37,39)/t28-,30?/m0/s1. The summed E-state index contributed by atoms with van der Waals surface area (Å²) in [4.78, 5) is 34.0. The molecule has 2 amide bonds. The van der Waals surface area contributed by atoms with Crippen LogP contribution in [-0.2, 0) is 16.6 Å². The van der Waals surface area contributed by atoms with Gasteiger partial charge in [0.1, 0.15) is 5.69 Å². The number of piperidine rings is 1. The lowest BCUT2D eigenvalue weighted by Gasteiger charge is -2.41. The van der Waals surface area contributed by atoms with Crippen LogP contribution in [0.3, 0.4) is 0 Å². The van der Waals surface area contributed by atoms with Gasteiger partial charge in [0.15, 0.2) is 0 Å². The second kappa shape index (κ2) is 12.3. The third-order valence-corrected chi connectivity index (χ3v) is 8.03. The van der Waals surface area contributed by atoms with Crippen LogP contribution < -0.4 is 5.32 Å². The van der Waals surface area contributed by atoms with E-state index in [9.17, 15) is 14.7 Å². The summed E-state index contributed by atoms with van der Waals surface area (Å²) in [5.41, 5.74) is 4.14. The van der Waals surface area contributed by atoms with Crippen molar-refractivity contribution < 1.29 is 14.7 Å². The molecule has 1 saturated heterocycles. The van der Waals surface area contributed by atoms with Crippen molar-refractivity contribution in [3.05, 3.63) is 93.8 Å². The summed E-state index contributed by atoms with van der Waals surface area (Å²) >= 11 is 6.13. The van der Waals surface area contributed by atoms with Crippen molar-refractivity contribution >= 4 is 29.1 Å². The molecule has 6 nitrogen and oxygen atoms in total. The molecule has 218 valence electrons. The Morgan fingerprint density at radius 1 is 1.07 bits per heavy atom. The first-order valence-electron chi connectivity index (χ1n) is 14.4. The molecule has 2 atom stereocenters. The molecule has 4 rings (SSSR count). The molecule has 0 spiro atoms. The molecule has 2 N–H and O–H groups in total. The van der Waals surface area contributed by atoms with E-state index in [-0.39, 0.29) is 17.2 Å². The van der Waals surface area contributed by atoms with Crippen molar-refractivity contribution in [2.75, 3.05) is 11.9 Å². The van der Waals surface area contributed by atoms with E-state index in [2.05, 4.69) is 37.1 Å². The van der Waals surface area contributed by atoms with Gasteiger partial charge in [0.25, 0.3) is 5.91 Å². The first-order chi connectivity index (χ1) is 19.2. The fraction of sp³-hybridized carbons (Fsp3) is 0.441. The smallest absolute Gasteiger partial charge is 0.273 e. The van der Waals surface area contributed by atoms with Crippen LogP contribution >= 0.6 is 11.6 Å². The second-order valence-corrected chi connectivity index (χ2v) is 13.3. The van der Waals surface area contributed by atoms with Gasteiger partial charge in [0.2, 0.25) is 5.91 Å². The van der Waals surface area contributed by atoms with E-state index in [1.807, 2.05) is 49.4 Å². The highest BCUT2D eigenvalue weighted by molar-refractivity contribution is 6.30. The van der Waals surface area contributed by atoms with Crippen molar-refractivity contribution in [3.8, 4) is 0 Å². The molecule has 1 fully saturated rings. The number of carbonyl (C=O) groups excluding carboxylic acids is 2. The number of amides is 2. The van der Waals surface area contributed by atoms with Crippen molar-refractivity contribution in [1.29, 1.82) is 0 Å². The number of rotatable bonds is 7. The van der Waals surface area contributed by atoms with Gasteiger partial charge in [-0.1, -0.05) is 68.8 Å². The van der Waals surface area contributed by atoms with Crippen molar-refractivity contribution in [2.24, 2.45) is 5.92 Å². The molecule has 2 aromatic carbocycles. The van der Waals surface area contributed by atoms with Crippen LogP contribution in [-0.4, -0.2) is 39.0 Å². The number of benzene rings is 2. The van der Waals surface area contributed by atoms with Gasteiger partial charge in [-0.3, -0.25) is 9.59 Å². The highest BCUT2D eigenvalue weighted by atomic mass is 35.5. The lowest BCUT2D eigenvalue weighted by molar-refractivity contribution is -0.123. The van der Waals surface area contributed by atoms with E-state index in [1.165, 1.54) is 6.20 Å². The summed E-state index contributed by atoms with van der Waals surface area (Å²) in [5, 5.41) is 13.8. The van der Waals surface area contributed by atoms with E-state index < -0.39 is 17.6 Å². The van der Waals surface area contributed by atoms with Gasteiger partial charge in [-0.05, 0) is 92.3 Å². The number of nitrogens with zero attached hydrogens (tertiary/aromatic N) is 2. The summed E-state index contributed by atoms with van der Waals surface area (Å²) in [5.74, 6) is -0.756. The summed E-state index contributed by atoms with van der Waals surface area (Å²) in [6.07, 6.45) is 4.23. The Morgan fingerprint density at radius 2 is 1.78 bits per heavy atom. The number of aryl methyl sites for hydroxylation is 2. The molecule has 0 saturated carbocycles. The maximum Gasteiger partial charge on any atom is 0.273 e. The number of aromatic nitrogens is 1. The topological polar surface area (TPSA) is 82.5 Å². The number of anilines is 1. The van der Waals surface area contributed by atoms with Gasteiger partial charge in [0.05, 0.1) is 22.6 Å². The van der Waals surface area contributed by atoms with Crippen LogP contribution in [0.1, 0.15) is 92.7 Å². The summed E-state index contributed by atoms with van der Waals surface area (Å²) in [7, 11) is 0. The fourth-order valence-electron chi connectivity index (χ4n) is 5.44. The average Bonchev–Trinajstić information content (AvgIpc) is 2.91. The zero-order valence-corrected chi connectivity index (χ0v) is 25.8. The molecule has 41 heavy (non-hydrogen) atoms. The lowest BCUT2D eigenvalue weighted by atomic mass is 9.83. The molecule has 3 aromatic rings. The molecule has 1 unspecified atom stereocenters. The SMILES string of the molecule is Cc1cc(Cl)cnc1C(=O)N1CCC[C@H](C(=O)Nc2cccc(C(C)(C)C)c2)C1c1ccc(CCC(C)(C)O)cc1. The van der Waals surface area contributed by atoms with Gasteiger partial charge in [0, 0.05) is 18.4 Å². The fourth-order valence-corrected chi connectivity index (χ4v) is 5.65. The minimum absolute atomic E-state index is 0.0479. The average molecular weight is 576 g/mol. The van der Waals surface area contributed by atoms with E-state index in [1.54, 1.807) is 24.8 Å². The largest absolute Gasteiger partial charge is 0.390 e. The highest BCUT2D eigenvalue weighted by Crippen LogP contribution is 2.38. The van der Waals surface area contributed by atoms with Crippen LogP contribution in [0.5, 0.6) is 0 Å². The van der Waals surface area contributed by atoms with Gasteiger partial charge >= 0.3 is 0 Å². The lowest BCUT2D eigenvalue weighted by Crippen LogP contribution is -2.46. The summed E-state index contributed by atoms with van der Waals surface area (Å²) < 4.78 is 0. The molecule has 2 heterocycles. The van der Waals surface area contributed by atoms with Crippen LogP contribution in [0.4, 0.5) is 5.69 Å².